The highest BCUT2D eigenvalue weighted by Gasteiger charge is 2.32. The topological polar surface area (TPSA) is 97.9 Å². The number of carbonyl (C=O) groups is 2. The molecule has 1 aromatic carbocycles. The number of hydrogen-bond acceptors (Lipinski definition) is 5. The molecule has 1 aromatic heterocycles. The summed E-state index contributed by atoms with van der Waals surface area (Å²) in [6, 6.07) is 6.54. The Morgan fingerprint density at radius 1 is 1.32 bits per heavy atom. The quantitative estimate of drug-likeness (QED) is 0.869. The van der Waals surface area contributed by atoms with Crippen molar-refractivity contribution in [3.8, 4) is 0 Å². The molecule has 114 valence electrons. The van der Waals surface area contributed by atoms with E-state index in [1.165, 1.54) is 23.9 Å². The molecule has 22 heavy (non-hydrogen) atoms. The summed E-state index contributed by atoms with van der Waals surface area (Å²) in [5.41, 5.74) is 2.85. The molecule has 0 spiro atoms. The lowest BCUT2D eigenvalue weighted by Gasteiger charge is -2.18. The number of H-pyrrole nitrogens is 1. The minimum absolute atomic E-state index is 0.0911. The first-order valence-electron chi connectivity index (χ1n) is 6.80. The number of carboxylic acids is 1. The monoisotopic (exact) mass is 316 g/mol. The van der Waals surface area contributed by atoms with Crippen molar-refractivity contribution in [1.82, 2.24) is 10.2 Å². The number of hydrogen-bond donors (Lipinski definition) is 2. The summed E-state index contributed by atoms with van der Waals surface area (Å²) in [6.07, 6.45) is 0. The molecule has 2 heterocycles. The van der Waals surface area contributed by atoms with Crippen LogP contribution in [0.25, 0.3) is 0 Å². The van der Waals surface area contributed by atoms with Crippen LogP contribution >= 0.6 is 11.8 Å². The van der Waals surface area contributed by atoms with Gasteiger partial charge >= 0.3 is 0 Å². The number of aryl methyl sites for hydroxylation is 1. The number of aromatic carboxylic acids is 1. The summed E-state index contributed by atoms with van der Waals surface area (Å²) in [5, 5.41) is 20.4. The molecule has 0 bridgehead atoms. The van der Waals surface area contributed by atoms with Gasteiger partial charge in [0, 0.05) is 11.3 Å². The number of benzene rings is 1. The number of carboxylic acid groups (broad SMARTS) is 1. The fraction of sp³-hybridized carbons (Fsp3) is 0.267. The van der Waals surface area contributed by atoms with Crippen LogP contribution in [-0.2, 0) is 4.79 Å². The maximum absolute atomic E-state index is 12.0. The number of fused-ring (bicyclic) bond motifs is 1. The van der Waals surface area contributed by atoms with Gasteiger partial charge in [-0.15, -0.1) is 11.8 Å². The number of rotatable bonds is 2. The second kappa shape index (κ2) is 5.49. The number of aromatic amines is 1. The summed E-state index contributed by atoms with van der Waals surface area (Å²) in [7, 11) is 0. The number of thioether (sulfide) groups is 1. The van der Waals surface area contributed by atoms with Crippen LogP contribution in [0.5, 0.6) is 0 Å². The molecular weight excluding hydrogens is 302 g/mol. The highest BCUT2D eigenvalue weighted by molar-refractivity contribution is 8.01. The molecule has 0 aliphatic carbocycles. The van der Waals surface area contributed by atoms with Crippen molar-refractivity contribution < 1.29 is 14.7 Å². The van der Waals surface area contributed by atoms with E-state index in [9.17, 15) is 14.7 Å². The zero-order chi connectivity index (χ0) is 15.9. The number of carbonyl (C=O) groups excluding carboxylic acids is 2. The molecule has 7 heteroatoms. The van der Waals surface area contributed by atoms with E-state index in [-0.39, 0.29) is 22.0 Å². The van der Waals surface area contributed by atoms with Crippen LogP contribution in [0.15, 0.2) is 24.3 Å². The fourth-order valence-electron chi connectivity index (χ4n) is 2.45. The third-order valence-electron chi connectivity index (χ3n) is 3.66. The van der Waals surface area contributed by atoms with Crippen LogP contribution in [-0.4, -0.2) is 27.3 Å². The normalized spacial score (nSPS) is 20.9. The molecule has 1 amide bonds. The van der Waals surface area contributed by atoms with E-state index in [2.05, 4.69) is 15.5 Å². The van der Waals surface area contributed by atoms with Gasteiger partial charge in [-0.3, -0.25) is 9.89 Å². The molecule has 0 saturated heterocycles. The summed E-state index contributed by atoms with van der Waals surface area (Å²) in [5.74, 6) is -0.759. The Kier molecular flexibility index (Phi) is 3.66. The predicted molar refractivity (Wildman–Crippen MR) is 81.6 cm³/mol. The standard InChI is InChI=1S/C15H15N3O3S/c1-7-11-12(9-3-5-10(6-4-9)15(20)21)22-8(2)14(19)16-13(11)18-17-7/h3-6,8,12H,1-2H3,(H,20,21)(H2,16,17,18,19)/p-1/t8-,12-/m0/s1. The molecule has 0 radical (unpaired) electrons. The van der Waals surface area contributed by atoms with Gasteiger partial charge in [0.15, 0.2) is 5.82 Å². The first-order chi connectivity index (χ1) is 10.5. The zero-order valence-corrected chi connectivity index (χ0v) is 12.9. The van der Waals surface area contributed by atoms with Crippen molar-refractivity contribution in [1.29, 1.82) is 0 Å². The van der Waals surface area contributed by atoms with E-state index in [0.29, 0.717) is 5.82 Å². The predicted octanol–water partition coefficient (Wildman–Crippen LogP) is 1.24. The van der Waals surface area contributed by atoms with Gasteiger partial charge < -0.3 is 15.2 Å². The van der Waals surface area contributed by atoms with Gasteiger partial charge in [0.2, 0.25) is 5.91 Å². The lowest BCUT2D eigenvalue weighted by molar-refractivity contribution is -0.255. The van der Waals surface area contributed by atoms with Gasteiger partial charge in [-0.1, -0.05) is 24.3 Å². The maximum Gasteiger partial charge on any atom is 0.238 e. The van der Waals surface area contributed by atoms with E-state index in [1.807, 2.05) is 13.8 Å². The third kappa shape index (κ3) is 2.48. The van der Waals surface area contributed by atoms with Crippen LogP contribution in [0.3, 0.4) is 0 Å². The molecule has 3 rings (SSSR count). The maximum atomic E-state index is 12.0. The number of aromatic nitrogens is 2. The summed E-state index contributed by atoms with van der Waals surface area (Å²) >= 11 is 1.51. The molecule has 0 unspecified atom stereocenters. The molecule has 0 fully saturated rings. The van der Waals surface area contributed by atoms with Crippen LogP contribution in [0, 0.1) is 6.92 Å². The average Bonchev–Trinajstić information content (AvgIpc) is 2.79. The third-order valence-corrected chi connectivity index (χ3v) is 5.06. The van der Waals surface area contributed by atoms with Crippen molar-refractivity contribution in [2.45, 2.75) is 24.3 Å². The first kappa shape index (κ1) is 14.6. The lowest BCUT2D eigenvalue weighted by Crippen LogP contribution is -2.22. The Bertz CT molecular complexity index is 739. The SMILES string of the molecule is Cc1[nH]nc2c1[C@H](c1ccc(C(=O)[O-])cc1)S[C@@H](C)C(=O)N2. The molecular formula is C15H14N3O3S-. The summed E-state index contributed by atoms with van der Waals surface area (Å²) in [6.45, 7) is 3.74. The molecule has 2 N–H and O–H groups in total. The Balaban J connectivity index is 2.06. The highest BCUT2D eigenvalue weighted by atomic mass is 32.2. The van der Waals surface area contributed by atoms with E-state index < -0.39 is 5.97 Å². The van der Waals surface area contributed by atoms with Crippen LogP contribution in [0.4, 0.5) is 5.82 Å². The van der Waals surface area contributed by atoms with Crippen molar-refractivity contribution in [2.75, 3.05) is 5.32 Å². The Morgan fingerprint density at radius 2 is 2.00 bits per heavy atom. The zero-order valence-electron chi connectivity index (χ0n) is 12.0. The minimum Gasteiger partial charge on any atom is -0.545 e. The van der Waals surface area contributed by atoms with Gasteiger partial charge in [-0.2, -0.15) is 5.10 Å². The van der Waals surface area contributed by atoms with Crippen LogP contribution in [0.2, 0.25) is 0 Å². The molecule has 1 aliphatic rings. The van der Waals surface area contributed by atoms with Crippen molar-refractivity contribution in [2.24, 2.45) is 0 Å². The molecule has 6 nitrogen and oxygen atoms in total. The molecule has 2 aromatic rings. The number of amides is 1. The molecule has 0 saturated carbocycles. The fourth-order valence-corrected chi connectivity index (χ4v) is 3.77. The number of anilines is 1. The van der Waals surface area contributed by atoms with Gasteiger partial charge in [-0.05, 0) is 25.0 Å². The van der Waals surface area contributed by atoms with E-state index in [1.54, 1.807) is 12.1 Å². The van der Waals surface area contributed by atoms with Crippen molar-refractivity contribution in [3.63, 3.8) is 0 Å². The van der Waals surface area contributed by atoms with E-state index in [0.717, 1.165) is 16.8 Å². The summed E-state index contributed by atoms with van der Waals surface area (Å²) < 4.78 is 0. The second-order valence-corrected chi connectivity index (χ2v) is 6.62. The highest BCUT2D eigenvalue weighted by Crippen LogP contribution is 2.44. The van der Waals surface area contributed by atoms with Crippen LogP contribution < -0.4 is 10.4 Å². The second-order valence-electron chi connectivity index (χ2n) is 5.17. The largest absolute Gasteiger partial charge is 0.545 e. The number of nitrogens with one attached hydrogen (secondary N) is 2. The van der Waals surface area contributed by atoms with Crippen molar-refractivity contribution in [3.05, 3.63) is 46.6 Å². The first-order valence-corrected chi connectivity index (χ1v) is 7.74. The van der Waals surface area contributed by atoms with Gasteiger partial charge in [-0.25, -0.2) is 0 Å². The van der Waals surface area contributed by atoms with Crippen LogP contribution in [0.1, 0.15) is 39.4 Å². The van der Waals surface area contributed by atoms with E-state index >= 15 is 0 Å². The van der Waals surface area contributed by atoms with Gasteiger partial charge in [0.25, 0.3) is 0 Å². The minimum atomic E-state index is -1.20. The van der Waals surface area contributed by atoms with Gasteiger partial charge in [0.1, 0.15) is 0 Å². The van der Waals surface area contributed by atoms with Gasteiger partial charge in [0.05, 0.1) is 16.5 Å². The van der Waals surface area contributed by atoms with Crippen molar-refractivity contribution >= 4 is 29.5 Å². The Morgan fingerprint density at radius 3 is 2.64 bits per heavy atom. The lowest BCUT2D eigenvalue weighted by atomic mass is 10.0. The molecule has 1 aliphatic heterocycles. The smallest absolute Gasteiger partial charge is 0.238 e. The Labute approximate surface area is 131 Å². The Hall–Kier alpha value is -2.28. The average molecular weight is 316 g/mol. The number of nitrogens with zero attached hydrogens (tertiary/aromatic N) is 1. The summed E-state index contributed by atoms with van der Waals surface area (Å²) in [4.78, 5) is 22.9. The molecule has 2 atom stereocenters. The van der Waals surface area contributed by atoms with E-state index in [4.69, 9.17) is 0 Å².